The second-order valence-corrected chi connectivity index (χ2v) is 2.19. The van der Waals surface area contributed by atoms with Crippen molar-refractivity contribution in [3.05, 3.63) is 0 Å². The maximum absolute atomic E-state index is 4.52. The molecule has 0 heterocycles. The highest BCUT2D eigenvalue weighted by Gasteiger charge is 1.87. The Kier molecular flexibility index (Phi) is 4.48. The molecule has 0 aromatic heterocycles. The Morgan fingerprint density at radius 2 is 2.33 bits per heavy atom. The molecular formula is C3H6S3. The molecule has 6 heavy (non-hydrogen) atoms. The first-order valence-electron chi connectivity index (χ1n) is 1.55. The molecule has 1 unspecified atom stereocenters. The quantitative estimate of drug-likeness (QED) is 0.427. The summed E-state index contributed by atoms with van der Waals surface area (Å²) in [7, 11) is 0. The van der Waals surface area contributed by atoms with Gasteiger partial charge >= 0.3 is 0 Å². The SMILES string of the molecule is S=CC(S)CS. The van der Waals surface area contributed by atoms with Crippen molar-refractivity contribution in [3.63, 3.8) is 0 Å². The van der Waals surface area contributed by atoms with Crippen LogP contribution in [0.15, 0.2) is 0 Å². The Morgan fingerprint density at radius 3 is 2.33 bits per heavy atom. The molecule has 1 atom stereocenters. The summed E-state index contributed by atoms with van der Waals surface area (Å²) in [5.74, 6) is 0.729. The lowest BCUT2D eigenvalue weighted by molar-refractivity contribution is 1.43. The Bertz CT molecular complexity index is 43.3. The fraction of sp³-hybridized carbons (Fsp3) is 0.667. The highest BCUT2D eigenvalue weighted by molar-refractivity contribution is 7.87. The van der Waals surface area contributed by atoms with E-state index in [4.69, 9.17) is 0 Å². The lowest BCUT2D eigenvalue weighted by Gasteiger charge is -1.90. The Morgan fingerprint density at radius 1 is 1.83 bits per heavy atom. The van der Waals surface area contributed by atoms with Crippen LogP contribution in [0.1, 0.15) is 0 Å². The van der Waals surface area contributed by atoms with Crippen LogP contribution >= 0.6 is 37.5 Å². The molecule has 0 rings (SSSR count). The molecule has 36 valence electrons. The van der Waals surface area contributed by atoms with E-state index in [1.807, 2.05) is 0 Å². The van der Waals surface area contributed by atoms with Gasteiger partial charge in [-0.25, -0.2) is 0 Å². The fourth-order valence-electron chi connectivity index (χ4n) is 0.0430. The number of thiocarbonyl (C=S) groups is 1. The largest absolute Gasteiger partial charge is 0.178 e. The summed E-state index contributed by atoms with van der Waals surface area (Å²) < 4.78 is 0. The minimum atomic E-state index is 0.184. The lowest BCUT2D eigenvalue weighted by atomic mass is 10.6. The van der Waals surface area contributed by atoms with Gasteiger partial charge in [-0.15, -0.1) is 0 Å². The van der Waals surface area contributed by atoms with Crippen molar-refractivity contribution in [2.45, 2.75) is 5.25 Å². The molecule has 0 aliphatic heterocycles. The van der Waals surface area contributed by atoms with Crippen LogP contribution in [0.5, 0.6) is 0 Å². The smallest absolute Gasteiger partial charge is 0.0388 e. The van der Waals surface area contributed by atoms with E-state index in [-0.39, 0.29) is 5.25 Å². The highest BCUT2D eigenvalue weighted by Crippen LogP contribution is 1.91. The Balaban J connectivity index is 2.96. The van der Waals surface area contributed by atoms with Gasteiger partial charge in [-0.05, 0) is 5.37 Å². The van der Waals surface area contributed by atoms with E-state index < -0.39 is 0 Å². The third-order valence-electron chi connectivity index (χ3n) is 0.344. The van der Waals surface area contributed by atoms with Gasteiger partial charge in [-0.2, -0.15) is 25.3 Å². The Labute approximate surface area is 54.1 Å². The predicted octanol–water partition coefficient (Wildman–Crippen LogP) is 1.21. The maximum Gasteiger partial charge on any atom is 0.0388 e. The third kappa shape index (κ3) is 3.00. The van der Waals surface area contributed by atoms with Crippen LogP contribution in [0.3, 0.4) is 0 Å². The van der Waals surface area contributed by atoms with Gasteiger partial charge in [0, 0.05) is 11.0 Å². The molecule has 0 fully saturated rings. The van der Waals surface area contributed by atoms with E-state index in [0.717, 1.165) is 5.75 Å². The van der Waals surface area contributed by atoms with Crippen LogP contribution in [0.2, 0.25) is 0 Å². The molecule has 3 heteroatoms. The molecule has 0 amide bonds. The molecule has 0 aromatic carbocycles. The molecule has 0 aliphatic carbocycles. The summed E-state index contributed by atoms with van der Waals surface area (Å²) in [5.41, 5.74) is 0. The van der Waals surface area contributed by atoms with E-state index in [1.54, 1.807) is 5.37 Å². The summed E-state index contributed by atoms with van der Waals surface area (Å²) in [5, 5.41) is 1.78. The molecular weight excluding hydrogens is 132 g/mol. The molecule has 0 saturated carbocycles. The molecule has 0 aliphatic rings. The Hall–Kier alpha value is 0.790. The summed E-state index contributed by atoms with van der Waals surface area (Å²) in [6, 6.07) is 0. The molecule has 0 spiro atoms. The van der Waals surface area contributed by atoms with Gasteiger partial charge in [-0.3, -0.25) is 0 Å². The summed E-state index contributed by atoms with van der Waals surface area (Å²) in [6.07, 6.45) is 0. The van der Waals surface area contributed by atoms with Crippen LogP contribution in [0, 0.1) is 0 Å². The second-order valence-electron chi connectivity index (χ2n) is 0.886. The van der Waals surface area contributed by atoms with Crippen molar-refractivity contribution in [1.82, 2.24) is 0 Å². The first-order chi connectivity index (χ1) is 2.81. The molecule has 0 radical (unpaired) electrons. The summed E-state index contributed by atoms with van der Waals surface area (Å²) in [4.78, 5) is 0. The van der Waals surface area contributed by atoms with Gasteiger partial charge in [0.2, 0.25) is 0 Å². The van der Waals surface area contributed by atoms with Crippen molar-refractivity contribution < 1.29 is 0 Å². The van der Waals surface area contributed by atoms with Gasteiger partial charge in [0.15, 0.2) is 0 Å². The van der Waals surface area contributed by atoms with E-state index in [1.165, 1.54) is 0 Å². The zero-order chi connectivity index (χ0) is 4.99. The fourth-order valence-corrected chi connectivity index (χ4v) is 0.387. The lowest BCUT2D eigenvalue weighted by Crippen LogP contribution is -1.97. The average molecular weight is 138 g/mol. The van der Waals surface area contributed by atoms with E-state index >= 15 is 0 Å². The van der Waals surface area contributed by atoms with E-state index in [0.29, 0.717) is 0 Å². The number of thiol groups is 2. The van der Waals surface area contributed by atoms with E-state index in [2.05, 4.69) is 37.5 Å². The van der Waals surface area contributed by atoms with Crippen molar-refractivity contribution in [1.29, 1.82) is 0 Å². The van der Waals surface area contributed by atoms with Crippen molar-refractivity contribution in [3.8, 4) is 0 Å². The minimum Gasteiger partial charge on any atom is -0.178 e. The normalized spacial score (nSPS) is 13.7. The molecule has 0 saturated heterocycles. The van der Waals surface area contributed by atoms with Crippen molar-refractivity contribution in [2.75, 3.05) is 5.75 Å². The number of rotatable bonds is 2. The standard InChI is InChI=1S/C3H6S3/c4-1-3(6)2-5/h1,3,5-6H,2H2. The zero-order valence-electron chi connectivity index (χ0n) is 3.16. The van der Waals surface area contributed by atoms with Crippen LogP contribution in [0.4, 0.5) is 0 Å². The number of hydrogen-bond acceptors (Lipinski definition) is 3. The number of hydrogen-bond donors (Lipinski definition) is 2. The van der Waals surface area contributed by atoms with Gasteiger partial charge in [0.1, 0.15) is 0 Å². The topological polar surface area (TPSA) is 0 Å². The maximum atomic E-state index is 4.52. The average Bonchev–Trinajstić information content (AvgIpc) is 1.65. The first-order valence-corrected chi connectivity index (χ1v) is 3.17. The predicted molar refractivity (Wildman–Crippen MR) is 40.3 cm³/mol. The van der Waals surface area contributed by atoms with Gasteiger partial charge in [0.05, 0.1) is 0 Å². The summed E-state index contributed by atoms with van der Waals surface area (Å²) >= 11 is 12.4. The zero-order valence-corrected chi connectivity index (χ0v) is 5.77. The third-order valence-corrected chi connectivity index (χ3v) is 1.89. The summed E-state index contributed by atoms with van der Waals surface area (Å²) in [6.45, 7) is 0. The van der Waals surface area contributed by atoms with Crippen LogP contribution in [-0.2, 0) is 0 Å². The van der Waals surface area contributed by atoms with Crippen LogP contribution in [0.25, 0.3) is 0 Å². The van der Waals surface area contributed by atoms with E-state index in [9.17, 15) is 0 Å². The molecule has 0 bridgehead atoms. The first kappa shape index (κ1) is 6.79. The highest BCUT2D eigenvalue weighted by atomic mass is 32.1. The van der Waals surface area contributed by atoms with Crippen molar-refractivity contribution >= 4 is 42.8 Å². The minimum absolute atomic E-state index is 0.184. The monoisotopic (exact) mass is 138 g/mol. The molecule has 0 nitrogen and oxygen atoms in total. The van der Waals surface area contributed by atoms with Gasteiger partial charge in [0.25, 0.3) is 0 Å². The van der Waals surface area contributed by atoms with Crippen molar-refractivity contribution in [2.24, 2.45) is 0 Å². The van der Waals surface area contributed by atoms with Crippen LogP contribution in [-0.4, -0.2) is 16.4 Å². The van der Waals surface area contributed by atoms with Gasteiger partial charge < -0.3 is 0 Å². The molecule has 0 aromatic rings. The molecule has 0 N–H and O–H groups in total. The van der Waals surface area contributed by atoms with Gasteiger partial charge in [-0.1, -0.05) is 12.2 Å². The second kappa shape index (κ2) is 3.96. The van der Waals surface area contributed by atoms with Crippen LogP contribution < -0.4 is 0 Å².